The molecule has 2 rings (SSSR count). The quantitative estimate of drug-likeness (QED) is 0.720. The number of nitrogens with one attached hydrogen (secondary N) is 2. The van der Waals surface area contributed by atoms with Crippen molar-refractivity contribution in [3.05, 3.63) is 29.6 Å². The molecule has 0 atom stereocenters. The Morgan fingerprint density at radius 2 is 2.12 bits per heavy atom. The van der Waals surface area contributed by atoms with Crippen molar-refractivity contribution in [2.75, 3.05) is 13.1 Å². The van der Waals surface area contributed by atoms with Crippen LogP contribution in [0, 0.1) is 5.82 Å². The molecule has 5 heteroatoms. The molecule has 0 radical (unpaired) electrons. The van der Waals surface area contributed by atoms with E-state index < -0.39 is 5.82 Å². The number of rotatable bonds is 2. The van der Waals surface area contributed by atoms with Crippen LogP contribution < -0.4 is 10.6 Å². The predicted molar refractivity (Wildman–Crippen MR) is 61.4 cm³/mol. The van der Waals surface area contributed by atoms with E-state index in [4.69, 9.17) is 0 Å². The van der Waals surface area contributed by atoms with E-state index in [1.165, 1.54) is 6.07 Å². The van der Waals surface area contributed by atoms with Crippen molar-refractivity contribution in [2.45, 2.75) is 18.9 Å². The maximum atomic E-state index is 12.8. The molecule has 0 aliphatic carbocycles. The molecule has 4 nitrogen and oxygen atoms in total. The third-order valence-corrected chi connectivity index (χ3v) is 2.88. The molecule has 1 fully saturated rings. The van der Waals surface area contributed by atoms with Crippen molar-refractivity contribution < 1.29 is 14.3 Å². The van der Waals surface area contributed by atoms with Gasteiger partial charge in [0.15, 0.2) is 0 Å². The first-order chi connectivity index (χ1) is 8.16. The summed E-state index contributed by atoms with van der Waals surface area (Å²) in [6, 6.07) is 3.52. The standard InChI is InChI=1S/C12H15FN2O2/c13-8-1-2-10(11(16)7-8)12(17)15-9-3-5-14-6-4-9/h1-2,7,9,14,16H,3-6H2,(H,15,17). The Kier molecular flexibility index (Phi) is 3.58. The molecule has 1 aromatic rings. The number of piperidine rings is 1. The zero-order valence-electron chi connectivity index (χ0n) is 9.37. The first-order valence-corrected chi connectivity index (χ1v) is 5.67. The summed E-state index contributed by atoms with van der Waals surface area (Å²) in [5.41, 5.74) is 0.116. The minimum Gasteiger partial charge on any atom is -0.507 e. The molecule has 0 bridgehead atoms. The van der Waals surface area contributed by atoms with E-state index >= 15 is 0 Å². The van der Waals surface area contributed by atoms with Gasteiger partial charge in [-0.25, -0.2) is 4.39 Å². The highest BCUT2D eigenvalue weighted by atomic mass is 19.1. The lowest BCUT2D eigenvalue weighted by Gasteiger charge is -2.23. The number of hydrogen-bond acceptors (Lipinski definition) is 3. The molecule has 1 aromatic carbocycles. The monoisotopic (exact) mass is 238 g/mol. The summed E-state index contributed by atoms with van der Waals surface area (Å²) < 4.78 is 12.8. The van der Waals surface area contributed by atoms with E-state index in [9.17, 15) is 14.3 Å². The number of halogens is 1. The van der Waals surface area contributed by atoms with Crippen molar-refractivity contribution in [2.24, 2.45) is 0 Å². The van der Waals surface area contributed by atoms with Crippen molar-refractivity contribution in [1.82, 2.24) is 10.6 Å². The molecule has 1 aliphatic heterocycles. The van der Waals surface area contributed by atoms with Gasteiger partial charge >= 0.3 is 0 Å². The summed E-state index contributed by atoms with van der Waals surface area (Å²) in [7, 11) is 0. The summed E-state index contributed by atoms with van der Waals surface area (Å²) in [5, 5.41) is 15.5. The topological polar surface area (TPSA) is 61.4 Å². The number of aromatic hydroxyl groups is 1. The summed E-state index contributed by atoms with van der Waals surface area (Å²) in [6.07, 6.45) is 1.74. The van der Waals surface area contributed by atoms with Gasteiger partial charge in [0.1, 0.15) is 11.6 Å². The second-order valence-corrected chi connectivity index (χ2v) is 4.16. The molecule has 1 heterocycles. The highest BCUT2D eigenvalue weighted by molar-refractivity contribution is 5.96. The molecule has 1 saturated heterocycles. The summed E-state index contributed by atoms with van der Waals surface area (Å²) in [6.45, 7) is 1.75. The molecule has 1 amide bonds. The third kappa shape index (κ3) is 2.94. The van der Waals surface area contributed by atoms with E-state index in [-0.39, 0.29) is 23.3 Å². The lowest BCUT2D eigenvalue weighted by molar-refractivity contribution is 0.0927. The maximum absolute atomic E-state index is 12.8. The minimum absolute atomic E-state index is 0.116. The smallest absolute Gasteiger partial charge is 0.255 e. The van der Waals surface area contributed by atoms with Crippen LogP contribution in [-0.2, 0) is 0 Å². The molecule has 92 valence electrons. The summed E-state index contributed by atoms with van der Waals surface area (Å²) in [4.78, 5) is 11.8. The first-order valence-electron chi connectivity index (χ1n) is 5.67. The number of phenols is 1. The van der Waals surface area contributed by atoms with Gasteiger partial charge in [-0.1, -0.05) is 0 Å². The van der Waals surface area contributed by atoms with Crippen LogP contribution in [0.15, 0.2) is 18.2 Å². The largest absolute Gasteiger partial charge is 0.507 e. The van der Waals surface area contributed by atoms with Gasteiger partial charge in [-0.3, -0.25) is 4.79 Å². The van der Waals surface area contributed by atoms with Crippen molar-refractivity contribution in [3.8, 4) is 5.75 Å². The van der Waals surface area contributed by atoms with Gasteiger partial charge < -0.3 is 15.7 Å². The van der Waals surface area contributed by atoms with E-state index in [1.54, 1.807) is 0 Å². The molecular formula is C12H15FN2O2. The van der Waals surface area contributed by atoms with Crippen molar-refractivity contribution >= 4 is 5.91 Å². The number of phenolic OH excluding ortho intramolecular Hbond substituents is 1. The summed E-state index contributed by atoms with van der Waals surface area (Å²) in [5.74, 6) is -1.23. The Morgan fingerprint density at radius 3 is 2.76 bits per heavy atom. The van der Waals surface area contributed by atoms with Crippen LogP contribution in [0.25, 0.3) is 0 Å². The Labute approximate surface area is 98.8 Å². The van der Waals surface area contributed by atoms with Crippen LogP contribution in [0.2, 0.25) is 0 Å². The normalized spacial score (nSPS) is 16.8. The highest BCUT2D eigenvalue weighted by Gasteiger charge is 2.18. The van der Waals surface area contributed by atoms with E-state index in [2.05, 4.69) is 10.6 Å². The molecule has 1 aliphatic rings. The molecule has 3 N–H and O–H groups in total. The van der Waals surface area contributed by atoms with Crippen LogP contribution in [0.4, 0.5) is 4.39 Å². The first kappa shape index (κ1) is 11.9. The Balaban J connectivity index is 2.03. The fourth-order valence-corrected chi connectivity index (χ4v) is 1.93. The molecule has 0 saturated carbocycles. The Bertz CT molecular complexity index is 417. The minimum atomic E-state index is -0.555. The van der Waals surface area contributed by atoms with Gasteiger partial charge in [0.25, 0.3) is 5.91 Å². The van der Waals surface area contributed by atoms with Crippen LogP contribution in [0.1, 0.15) is 23.2 Å². The van der Waals surface area contributed by atoms with Crippen molar-refractivity contribution in [3.63, 3.8) is 0 Å². The zero-order valence-corrected chi connectivity index (χ0v) is 9.37. The molecule has 17 heavy (non-hydrogen) atoms. The molecule has 0 spiro atoms. The van der Waals surface area contributed by atoms with Crippen molar-refractivity contribution in [1.29, 1.82) is 0 Å². The third-order valence-electron chi connectivity index (χ3n) is 2.88. The van der Waals surface area contributed by atoms with Gasteiger partial charge in [-0.2, -0.15) is 0 Å². The number of hydrogen-bond donors (Lipinski definition) is 3. The van der Waals surface area contributed by atoms with Crippen LogP contribution >= 0.6 is 0 Å². The molecule has 0 aromatic heterocycles. The van der Waals surface area contributed by atoms with Gasteiger partial charge in [-0.05, 0) is 38.1 Å². The fourth-order valence-electron chi connectivity index (χ4n) is 1.93. The fraction of sp³-hybridized carbons (Fsp3) is 0.417. The number of amides is 1. The van der Waals surface area contributed by atoms with Gasteiger partial charge in [0, 0.05) is 12.1 Å². The average molecular weight is 238 g/mol. The lowest BCUT2D eigenvalue weighted by Crippen LogP contribution is -2.42. The van der Waals surface area contributed by atoms with E-state index in [0.717, 1.165) is 38.1 Å². The molecule has 0 unspecified atom stereocenters. The molecular weight excluding hydrogens is 223 g/mol. The summed E-state index contributed by atoms with van der Waals surface area (Å²) >= 11 is 0. The number of benzene rings is 1. The maximum Gasteiger partial charge on any atom is 0.255 e. The van der Waals surface area contributed by atoms with Crippen LogP contribution in [0.3, 0.4) is 0 Å². The SMILES string of the molecule is O=C(NC1CCNCC1)c1ccc(F)cc1O. The number of carbonyl (C=O) groups is 1. The predicted octanol–water partition coefficient (Wildman–Crippen LogP) is 1.01. The second kappa shape index (κ2) is 5.14. The van der Waals surface area contributed by atoms with E-state index in [1.807, 2.05) is 0 Å². The zero-order chi connectivity index (χ0) is 12.3. The van der Waals surface area contributed by atoms with E-state index in [0.29, 0.717) is 0 Å². The lowest BCUT2D eigenvalue weighted by atomic mass is 10.1. The number of carbonyl (C=O) groups excluding carboxylic acids is 1. The second-order valence-electron chi connectivity index (χ2n) is 4.16. The van der Waals surface area contributed by atoms with Gasteiger partial charge in [-0.15, -0.1) is 0 Å². The van der Waals surface area contributed by atoms with Crippen LogP contribution in [0.5, 0.6) is 5.75 Å². The highest BCUT2D eigenvalue weighted by Crippen LogP contribution is 2.18. The van der Waals surface area contributed by atoms with Crippen LogP contribution in [-0.4, -0.2) is 30.1 Å². The Hall–Kier alpha value is -1.62. The average Bonchev–Trinajstić information content (AvgIpc) is 2.30. The Morgan fingerprint density at radius 1 is 1.41 bits per heavy atom. The van der Waals surface area contributed by atoms with Gasteiger partial charge in [0.05, 0.1) is 5.56 Å². The van der Waals surface area contributed by atoms with Gasteiger partial charge in [0.2, 0.25) is 0 Å².